The summed E-state index contributed by atoms with van der Waals surface area (Å²) in [5.74, 6) is 0.556. The molecule has 1 saturated heterocycles. The molecule has 2 heterocycles. The highest BCUT2D eigenvalue weighted by Crippen LogP contribution is 2.24. The SMILES string of the molecule is OC1CON(c2ncccc2Cl)C1. The van der Waals surface area contributed by atoms with Gasteiger partial charge in [-0.1, -0.05) is 11.6 Å². The van der Waals surface area contributed by atoms with Crippen LogP contribution in [-0.4, -0.2) is 29.3 Å². The third kappa shape index (κ3) is 1.75. The fourth-order valence-corrected chi connectivity index (χ4v) is 1.40. The van der Waals surface area contributed by atoms with Crippen LogP contribution in [0.2, 0.25) is 5.02 Å². The molecule has 1 aliphatic rings. The average molecular weight is 201 g/mol. The van der Waals surface area contributed by atoms with Gasteiger partial charge in [0.25, 0.3) is 0 Å². The number of nitrogens with zero attached hydrogens (tertiary/aromatic N) is 2. The van der Waals surface area contributed by atoms with Gasteiger partial charge in [0.1, 0.15) is 6.61 Å². The molecule has 13 heavy (non-hydrogen) atoms. The zero-order chi connectivity index (χ0) is 9.26. The van der Waals surface area contributed by atoms with E-state index in [9.17, 15) is 5.11 Å². The van der Waals surface area contributed by atoms with E-state index < -0.39 is 6.10 Å². The molecule has 0 aliphatic carbocycles. The normalized spacial score (nSPS) is 22.3. The second kappa shape index (κ2) is 3.49. The molecule has 1 atom stereocenters. The summed E-state index contributed by atoms with van der Waals surface area (Å²) < 4.78 is 0. The van der Waals surface area contributed by atoms with E-state index in [4.69, 9.17) is 16.4 Å². The first-order chi connectivity index (χ1) is 6.27. The number of halogens is 1. The van der Waals surface area contributed by atoms with E-state index in [0.717, 1.165) is 0 Å². The molecular formula is C8H9ClN2O2. The summed E-state index contributed by atoms with van der Waals surface area (Å²) in [5, 5.41) is 11.2. The summed E-state index contributed by atoms with van der Waals surface area (Å²) in [6.45, 7) is 0.712. The lowest BCUT2D eigenvalue weighted by molar-refractivity contribution is 0.115. The van der Waals surface area contributed by atoms with Crippen molar-refractivity contribution in [3.8, 4) is 0 Å². The number of hydrogen-bond donors (Lipinski definition) is 1. The number of aromatic nitrogens is 1. The molecule has 0 aromatic carbocycles. The summed E-state index contributed by atoms with van der Waals surface area (Å²) in [4.78, 5) is 9.22. The molecule has 0 bridgehead atoms. The monoisotopic (exact) mass is 200 g/mol. The molecule has 1 aromatic rings. The minimum absolute atomic E-state index is 0.299. The molecule has 1 aromatic heterocycles. The first-order valence-electron chi connectivity index (χ1n) is 3.96. The van der Waals surface area contributed by atoms with E-state index in [0.29, 0.717) is 24.0 Å². The number of aliphatic hydroxyl groups excluding tert-OH is 1. The van der Waals surface area contributed by atoms with E-state index in [1.54, 1.807) is 18.3 Å². The Labute approximate surface area is 80.7 Å². The number of rotatable bonds is 1. The maximum absolute atomic E-state index is 9.21. The van der Waals surface area contributed by atoms with Crippen molar-refractivity contribution >= 4 is 17.4 Å². The Kier molecular flexibility index (Phi) is 2.35. The van der Waals surface area contributed by atoms with E-state index >= 15 is 0 Å². The molecule has 0 saturated carbocycles. The smallest absolute Gasteiger partial charge is 0.171 e. The second-order valence-electron chi connectivity index (χ2n) is 2.82. The zero-order valence-electron chi connectivity index (χ0n) is 6.85. The lowest BCUT2D eigenvalue weighted by Gasteiger charge is -2.15. The number of pyridine rings is 1. The number of hydroxylamine groups is 1. The third-order valence-electron chi connectivity index (χ3n) is 1.77. The van der Waals surface area contributed by atoms with Crippen LogP contribution in [0.1, 0.15) is 0 Å². The summed E-state index contributed by atoms with van der Waals surface area (Å²) >= 11 is 5.89. The Balaban J connectivity index is 2.21. The molecule has 0 spiro atoms. The van der Waals surface area contributed by atoms with Crippen molar-refractivity contribution in [2.75, 3.05) is 18.2 Å². The average Bonchev–Trinajstić information content (AvgIpc) is 2.53. The zero-order valence-corrected chi connectivity index (χ0v) is 7.61. The van der Waals surface area contributed by atoms with Crippen molar-refractivity contribution in [1.82, 2.24) is 4.98 Å². The highest BCUT2D eigenvalue weighted by molar-refractivity contribution is 6.32. The lowest BCUT2D eigenvalue weighted by Crippen LogP contribution is -2.21. The predicted octanol–water partition coefficient (Wildman–Crippen LogP) is 0.848. The number of β-amino-alcohol motifs (C(OH)–C–C–N with tert-alkyl or cyclic N) is 1. The first-order valence-corrected chi connectivity index (χ1v) is 4.34. The van der Waals surface area contributed by atoms with Crippen LogP contribution in [0.3, 0.4) is 0 Å². The molecular weight excluding hydrogens is 192 g/mol. The van der Waals surface area contributed by atoms with E-state index in [1.807, 2.05) is 0 Å². The molecule has 1 N–H and O–H groups in total. The topological polar surface area (TPSA) is 45.6 Å². The number of aliphatic hydroxyl groups is 1. The van der Waals surface area contributed by atoms with Crippen LogP contribution in [0, 0.1) is 0 Å². The quantitative estimate of drug-likeness (QED) is 0.730. The Morgan fingerprint density at radius 3 is 3.15 bits per heavy atom. The maximum atomic E-state index is 9.21. The Morgan fingerprint density at radius 2 is 2.54 bits per heavy atom. The lowest BCUT2D eigenvalue weighted by atomic mass is 10.4. The molecule has 0 amide bonds. The van der Waals surface area contributed by atoms with Crippen LogP contribution < -0.4 is 5.06 Å². The molecule has 0 radical (unpaired) electrons. The van der Waals surface area contributed by atoms with Crippen LogP contribution in [0.15, 0.2) is 18.3 Å². The maximum Gasteiger partial charge on any atom is 0.171 e. The molecule has 2 rings (SSSR count). The van der Waals surface area contributed by atoms with Gasteiger partial charge in [0, 0.05) is 6.20 Å². The fourth-order valence-electron chi connectivity index (χ4n) is 1.18. The van der Waals surface area contributed by atoms with Gasteiger partial charge in [-0.15, -0.1) is 0 Å². The van der Waals surface area contributed by atoms with Crippen LogP contribution in [0.5, 0.6) is 0 Å². The van der Waals surface area contributed by atoms with Gasteiger partial charge < -0.3 is 5.11 Å². The largest absolute Gasteiger partial charge is 0.389 e. The minimum atomic E-state index is -0.460. The van der Waals surface area contributed by atoms with Gasteiger partial charge in [-0.2, -0.15) is 0 Å². The van der Waals surface area contributed by atoms with Gasteiger partial charge in [0.2, 0.25) is 0 Å². The van der Waals surface area contributed by atoms with Gasteiger partial charge in [-0.05, 0) is 12.1 Å². The predicted molar refractivity (Wildman–Crippen MR) is 48.6 cm³/mol. The molecule has 4 nitrogen and oxygen atoms in total. The van der Waals surface area contributed by atoms with Crippen molar-refractivity contribution in [3.63, 3.8) is 0 Å². The fraction of sp³-hybridized carbons (Fsp3) is 0.375. The molecule has 5 heteroatoms. The summed E-state index contributed by atoms with van der Waals surface area (Å²) in [7, 11) is 0. The highest BCUT2D eigenvalue weighted by atomic mass is 35.5. The third-order valence-corrected chi connectivity index (χ3v) is 2.07. The highest BCUT2D eigenvalue weighted by Gasteiger charge is 2.24. The van der Waals surface area contributed by atoms with Gasteiger partial charge in [-0.25, -0.2) is 10.0 Å². The van der Waals surface area contributed by atoms with Crippen LogP contribution >= 0.6 is 11.6 Å². The number of hydrogen-bond acceptors (Lipinski definition) is 4. The summed E-state index contributed by atoms with van der Waals surface area (Å²) in [6, 6.07) is 3.48. The molecule has 70 valence electrons. The van der Waals surface area contributed by atoms with Crippen molar-refractivity contribution in [2.24, 2.45) is 0 Å². The van der Waals surface area contributed by atoms with Gasteiger partial charge >= 0.3 is 0 Å². The summed E-state index contributed by atoms with van der Waals surface area (Å²) in [6.07, 6.45) is 1.17. The van der Waals surface area contributed by atoms with Crippen LogP contribution in [0.4, 0.5) is 5.82 Å². The summed E-state index contributed by atoms with van der Waals surface area (Å²) in [5.41, 5.74) is 0. The first kappa shape index (κ1) is 8.74. The standard InChI is InChI=1S/C8H9ClN2O2/c9-7-2-1-3-10-8(7)11-4-6(12)5-13-11/h1-3,6,12H,4-5H2. The van der Waals surface area contributed by atoms with Gasteiger partial charge in [0.15, 0.2) is 5.82 Å². The molecule has 1 aliphatic heterocycles. The Hall–Kier alpha value is -0.840. The Morgan fingerprint density at radius 1 is 1.69 bits per heavy atom. The van der Waals surface area contributed by atoms with E-state index in [1.165, 1.54) is 5.06 Å². The van der Waals surface area contributed by atoms with Crippen LogP contribution in [0.25, 0.3) is 0 Å². The van der Waals surface area contributed by atoms with E-state index in [2.05, 4.69) is 4.98 Å². The minimum Gasteiger partial charge on any atom is -0.389 e. The van der Waals surface area contributed by atoms with Gasteiger partial charge in [-0.3, -0.25) is 4.84 Å². The molecule has 1 unspecified atom stereocenters. The van der Waals surface area contributed by atoms with Gasteiger partial charge in [0.05, 0.1) is 17.7 Å². The van der Waals surface area contributed by atoms with Crippen molar-refractivity contribution in [3.05, 3.63) is 23.4 Å². The second-order valence-corrected chi connectivity index (χ2v) is 3.23. The number of anilines is 1. The van der Waals surface area contributed by atoms with Crippen molar-refractivity contribution in [2.45, 2.75) is 6.10 Å². The molecule has 1 fully saturated rings. The van der Waals surface area contributed by atoms with Crippen LogP contribution in [-0.2, 0) is 4.84 Å². The Bertz CT molecular complexity index is 308. The van der Waals surface area contributed by atoms with Crippen molar-refractivity contribution in [1.29, 1.82) is 0 Å². The van der Waals surface area contributed by atoms with Crippen molar-refractivity contribution < 1.29 is 9.94 Å². The van der Waals surface area contributed by atoms with E-state index in [-0.39, 0.29) is 0 Å².